The van der Waals surface area contributed by atoms with Crippen LogP contribution in [0.2, 0.25) is 0 Å². The molecule has 0 atom stereocenters. The Balaban J connectivity index is 1.40. The predicted octanol–water partition coefficient (Wildman–Crippen LogP) is 4.49. The van der Waals surface area contributed by atoms with Crippen molar-refractivity contribution in [3.8, 4) is 0 Å². The number of nitrogens with one attached hydrogen (secondary N) is 1. The second kappa shape index (κ2) is 7.67. The van der Waals surface area contributed by atoms with E-state index in [1.54, 1.807) is 0 Å². The Morgan fingerprint density at radius 3 is 2.41 bits per heavy atom. The summed E-state index contributed by atoms with van der Waals surface area (Å²) >= 11 is 0. The molecule has 3 aromatic carbocycles. The molecule has 0 saturated carbocycles. The van der Waals surface area contributed by atoms with Crippen LogP contribution < -0.4 is 10.2 Å². The number of anilines is 1. The fourth-order valence-electron chi connectivity index (χ4n) is 3.63. The van der Waals surface area contributed by atoms with Gasteiger partial charge in [-0.1, -0.05) is 48.5 Å². The first kappa shape index (κ1) is 17.3. The van der Waals surface area contributed by atoms with Crippen LogP contribution in [-0.2, 0) is 19.5 Å². The molecule has 1 aliphatic rings. The van der Waals surface area contributed by atoms with Crippen LogP contribution in [0.3, 0.4) is 0 Å². The van der Waals surface area contributed by atoms with Crippen LogP contribution in [0.4, 0.5) is 5.69 Å². The van der Waals surface area contributed by atoms with Gasteiger partial charge in [-0.2, -0.15) is 0 Å². The van der Waals surface area contributed by atoms with Crippen molar-refractivity contribution in [2.75, 3.05) is 11.4 Å². The number of rotatable bonds is 4. The summed E-state index contributed by atoms with van der Waals surface area (Å²) in [6.07, 6.45) is 1.06. The zero-order valence-corrected chi connectivity index (χ0v) is 15.6. The lowest BCUT2D eigenvalue weighted by molar-refractivity contribution is 0.0951. The van der Waals surface area contributed by atoms with Crippen molar-refractivity contribution in [2.45, 2.75) is 26.4 Å². The smallest absolute Gasteiger partial charge is 0.251 e. The fraction of sp³-hybridized carbons (Fsp3) is 0.208. The lowest BCUT2D eigenvalue weighted by atomic mass is 9.99. The van der Waals surface area contributed by atoms with E-state index in [-0.39, 0.29) is 5.91 Å². The molecule has 1 heterocycles. The van der Waals surface area contributed by atoms with Crippen molar-refractivity contribution in [1.29, 1.82) is 0 Å². The number of carbonyl (C=O) groups is 1. The summed E-state index contributed by atoms with van der Waals surface area (Å²) in [5.41, 5.74) is 7.04. The predicted molar refractivity (Wildman–Crippen MR) is 110 cm³/mol. The van der Waals surface area contributed by atoms with Crippen molar-refractivity contribution in [3.63, 3.8) is 0 Å². The number of carbonyl (C=O) groups excluding carboxylic acids is 1. The molecule has 3 aromatic rings. The van der Waals surface area contributed by atoms with Gasteiger partial charge in [0.05, 0.1) is 0 Å². The standard InChI is InChI=1S/C24H24N2O/c1-18-6-2-3-8-21(18)16-25-24(27)20-10-12-23(13-11-20)26-15-14-19-7-4-5-9-22(19)17-26/h2-13H,14-17H2,1H3,(H,25,27). The molecule has 0 aromatic heterocycles. The van der Waals surface area contributed by atoms with Crippen LogP contribution >= 0.6 is 0 Å². The van der Waals surface area contributed by atoms with Crippen molar-refractivity contribution in [1.82, 2.24) is 5.32 Å². The average Bonchev–Trinajstić information content (AvgIpc) is 2.73. The van der Waals surface area contributed by atoms with Crippen molar-refractivity contribution in [2.24, 2.45) is 0 Å². The van der Waals surface area contributed by atoms with Gasteiger partial charge in [0, 0.05) is 30.9 Å². The van der Waals surface area contributed by atoms with E-state index < -0.39 is 0 Å². The largest absolute Gasteiger partial charge is 0.367 e. The van der Waals surface area contributed by atoms with Gasteiger partial charge in [0.25, 0.3) is 5.91 Å². The number of hydrogen-bond donors (Lipinski definition) is 1. The highest BCUT2D eigenvalue weighted by atomic mass is 16.1. The molecule has 0 aliphatic carbocycles. The van der Waals surface area contributed by atoms with Crippen molar-refractivity contribution >= 4 is 11.6 Å². The molecule has 0 saturated heterocycles. The zero-order valence-electron chi connectivity index (χ0n) is 15.6. The Morgan fingerprint density at radius 2 is 1.63 bits per heavy atom. The van der Waals surface area contributed by atoms with Crippen LogP contribution in [-0.4, -0.2) is 12.5 Å². The summed E-state index contributed by atoms with van der Waals surface area (Å²) in [4.78, 5) is 14.8. The van der Waals surface area contributed by atoms with Gasteiger partial charge >= 0.3 is 0 Å². The topological polar surface area (TPSA) is 32.3 Å². The maximum atomic E-state index is 12.5. The summed E-state index contributed by atoms with van der Waals surface area (Å²) in [6.45, 7) is 4.55. The third kappa shape index (κ3) is 3.87. The van der Waals surface area contributed by atoms with E-state index in [2.05, 4.69) is 59.6 Å². The molecule has 0 radical (unpaired) electrons. The van der Waals surface area contributed by atoms with Gasteiger partial charge in [0.15, 0.2) is 0 Å². The minimum absolute atomic E-state index is 0.0335. The highest BCUT2D eigenvalue weighted by molar-refractivity contribution is 5.94. The first-order chi connectivity index (χ1) is 13.2. The van der Waals surface area contributed by atoms with E-state index in [9.17, 15) is 4.79 Å². The SMILES string of the molecule is Cc1ccccc1CNC(=O)c1ccc(N2CCc3ccccc3C2)cc1. The minimum Gasteiger partial charge on any atom is -0.367 e. The maximum Gasteiger partial charge on any atom is 0.251 e. The lowest BCUT2D eigenvalue weighted by Crippen LogP contribution is -2.30. The van der Waals surface area contributed by atoms with Crippen LogP contribution in [0.25, 0.3) is 0 Å². The molecular weight excluding hydrogens is 332 g/mol. The Kier molecular flexibility index (Phi) is 4.93. The molecule has 1 aliphatic heterocycles. The van der Waals surface area contributed by atoms with Gasteiger partial charge in [-0.05, 0) is 59.9 Å². The van der Waals surface area contributed by atoms with E-state index in [4.69, 9.17) is 0 Å². The minimum atomic E-state index is -0.0335. The molecule has 1 N–H and O–H groups in total. The summed E-state index contributed by atoms with van der Waals surface area (Å²) in [6, 6.07) is 24.7. The third-order valence-corrected chi connectivity index (χ3v) is 5.33. The molecule has 27 heavy (non-hydrogen) atoms. The molecule has 0 unspecified atom stereocenters. The van der Waals surface area contributed by atoms with Gasteiger partial charge in [-0.25, -0.2) is 0 Å². The highest BCUT2D eigenvalue weighted by Gasteiger charge is 2.16. The van der Waals surface area contributed by atoms with Crippen LogP contribution in [0, 0.1) is 6.92 Å². The molecule has 0 bridgehead atoms. The van der Waals surface area contributed by atoms with E-state index in [0.717, 1.165) is 25.1 Å². The molecule has 0 fully saturated rings. The fourth-order valence-corrected chi connectivity index (χ4v) is 3.63. The molecule has 0 spiro atoms. The lowest BCUT2D eigenvalue weighted by Gasteiger charge is -2.30. The number of aryl methyl sites for hydroxylation is 1. The number of hydrogen-bond acceptors (Lipinski definition) is 2. The van der Waals surface area contributed by atoms with Gasteiger partial charge in [0.1, 0.15) is 0 Å². The Morgan fingerprint density at radius 1 is 0.926 bits per heavy atom. The van der Waals surface area contributed by atoms with Gasteiger partial charge in [-0.15, -0.1) is 0 Å². The molecule has 3 nitrogen and oxygen atoms in total. The molecular formula is C24H24N2O. The Hall–Kier alpha value is -3.07. The van der Waals surface area contributed by atoms with E-state index in [1.807, 2.05) is 30.3 Å². The summed E-state index contributed by atoms with van der Waals surface area (Å²) < 4.78 is 0. The van der Waals surface area contributed by atoms with Crippen molar-refractivity contribution in [3.05, 3.63) is 101 Å². The average molecular weight is 356 g/mol. The van der Waals surface area contributed by atoms with Gasteiger partial charge in [-0.3, -0.25) is 4.79 Å². The number of benzene rings is 3. The van der Waals surface area contributed by atoms with E-state index in [1.165, 1.54) is 22.4 Å². The van der Waals surface area contributed by atoms with Gasteiger partial charge < -0.3 is 10.2 Å². The summed E-state index contributed by atoms with van der Waals surface area (Å²) in [5.74, 6) is -0.0335. The number of nitrogens with zero attached hydrogens (tertiary/aromatic N) is 1. The molecule has 4 rings (SSSR count). The van der Waals surface area contributed by atoms with Crippen molar-refractivity contribution < 1.29 is 4.79 Å². The normalized spacial score (nSPS) is 13.1. The van der Waals surface area contributed by atoms with E-state index >= 15 is 0 Å². The molecule has 136 valence electrons. The highest BCUT2D eigenvalue weighted by Crippen LogP contribution is 2.24. The zero-order chi connectivity index (χ0) is 18.6. The molecule has 1 amide bonds. The first-order valence-corrected chi connectivity index (χ1v) is 9.45. The van der Waals surface area contributed by atoms with Crippen LogP contribution in [0.15, 0.2) is 72.8 Å². The second-order valence-corrected chi connectivity index (χ2v) is 7.10. The number of fused-ring (bicyclic) bond motifs is 1. The summed E-state index contributed by atoms with van der Waals surface area (Å²) in [5, 5.41) is 3.02. The van der Waals surface area contributed by atoms with Gasteiger partial charge in [0.2, 0.25) is 0 Å². The Bertz CT molecular complexity index is 947. The molecule has 3 heteroatoms. The monoisotopic (exact) mass is 356 g/mol. The maximum absolute atomic E-state index is 12.5. The third-order valence-electron chi connectivity index (χ3n) is 5.33. The summed E-state index contributed by atoms with van der Waals surface area (Å²) in [7, 11) is 0. The number of amides is 1. The quantitative estimate of drug-likeness (QED) is 0.747. The Labute approximate surface area is 160 Å². The van der Waals surface area contributed by atoms with E-state index in [0.29, 0.717) is 12.1 Å². The van der Waals surface area contributed by atoms with Crippen LogP contribution in [0.1, 0.15) is 32.6 Å². The second-order valence-electron chi connectivity index (χ2n) is 7.10. The van der Waals surface area contributed by atoms with Crippen LogP contribution in [0.5, 0.6) is 0 Å². The first-order valence-electron chi connectivity index (χ1n) is 9.45.